The molecule has 0 spiro atoms. The lowest BCUT2D eigenvalue weighted by Gasteiger charge is -2.29. The number of nitrogens with zero attached hydrogens (tertiary/aromatic N) is 5. The summed E-state index contributed by atoms with van der Waals surface area (Å²) in [5.41, 5.74) is 2.19. The molecule has 6 nitrogen and oxygen atoms in total. The van der Waals surface area contributed by atoms with Crippen LogP contribution >= 0.6 is 11.6 Å². The van der Waals surface area contributed by atoms with Crippen LogP contribution < -0.4 is 0 Å². The standard InChI is InChI=1S/C16H22ClN5O/c1-11-4-7-20(8-5-11)16(23)14-6-9-21(19-14)10-22-13(3)15(17)12(2)18-22/h6,9,11H,4-5,7-8,10H2,1-3H3. The van der Waals surface area contributed by atoms with Crippen molar-refractivity contribution in [3.63, 3.8) is 0 Å². The zero-order valence-corrected chi connectivity index (χ0v) is 14.5. The van der Waals surface area contributed by atoms with Gasteiger partial charge < -0.3 is 4.90 Å². The minimum atomic E-state index is 0.0158. The summed E-state index contributed by atoms with van der Waals surface area (Å²) in [7, 11) is 0. The highest BCUT2D eigenvalue weighted by Crippen LogP contribution is 2.19. The van der Waals surface area contributed by atoms with Crippen LogP contribution in [0.25, 0.3) is 0 Å². The van der Waals surface area contributed by atoms with E-state index in [1.54, 1.807) is 15.4 Å². The highest BCUT2D eigenvalue weighted by atomic mass is 35.5. The van der Waals surface area contributed by atoms with Crippen LogP contribution in [0.2, 0.25) is 5.02 Å². The summed E-state index contributed by atoms with van der Waals surface area (Å²) in [4.78, 5) is 14.4. The van der Waals surface area contributed by atoms with E-state index >= 15 is 0 Å². The summed E-state index contributed by atoms with van der Waals surface area (Å²) in [5, 5.41) is 9.46. The lowest BCUT2D eigenvalue weighted by atomic mass is 9.99. The topological polar surface area (TPSA) is 56.0 Å². The van der Waals surface area contributed by atoms with Gasteiger partial charge in [0.25, 0.3) is 5.91 Å². The molecule has 1 aliphatic rings. The highest BCUT2D eigenvalue weighted by Gasteiger charge is 2.23. The number of hydrogen-bond donors (Lipinski definition) is 0. The number of carbonyl (C=O) groups excluding carboxylic acids is 1. The van der Waals surface area contributed by atoms with Crippen molar-refractivity contribution < 1.29 is 4.79 Å². The minimum Gasteiger partial charge on any atom is -0.337 e. The molecule has 0 aromatic carbocycles. The Labute approximate surface area is 141 Å². The molecule has 0 N–H and O–H groups in total. The highest BCUT2D eigenvalue weighted by molar-refractivity contribution is 6.31. The van der Waals surface area contributed by atoms with Gasteiger partial charge in [-0.3, -0.25) is 9.48 Å². The first-order valence-corrected chi connectivity index (χ1v) is 8.35. The summed E-state index contributed by atoms with van der Waals surface area (Å²) >= 11 is 6.16. The quantitative estimate of drug-likeness (QED) is 0.866. The summed E-state index contributed by atoms with van der Waals surface area (Å²) < 4.78 is 3.51. The molecule has 23 heavy (non-hydrogen) atoms. The molecule has 124 valence electrons. The van der Waals surface area contributed by atoms with Crippen molar-refractivity contribution in [2.75, 3.05) is 13.1 Å². The summed E-state index contributed by atoms with van der Waals surface area (Å²) in [6.07, 6.45) is 3.94. The van der Waals surface area contributed by atoms with Crippen LogP contribution in [0.3, 0.4) is 0 Å². The zero-order chi connectivity index (χ0) is 16.6. The lowest BCUT2D eigenvalue weighted by molar-refractivity contribution is 0.0690. The second-order valence-corrected chi connectivity index (χ2v) is 6.72. The molecule has 1 fully saturated rings. The minimum absolute atomic E-state index is 0.0158. The fourth-order valence-electron chi connectivity index (χ4n) is 2.88. The Balaban J connectivity index is 1.70. The van der Waals surface area contributed by atoms with E-state index in [0.717, 1.165) is 37.3 Å². The van der Waals surface area contributed by atoms with Gasteiger partial charge in [-0.2, -0.15) is 10.2 Å². The molecule has 2 aromatic rings. The average Bonchev–Trinajstić information content (AvgIpc) is 3.09. The Morgan fingerprint density at radius 3 is 2.61 bits per heavy atom. The molecule has 1 saturated heterocycles. The van der Waals surface area contributed by atoms with Crippen molar-refractivity contribution in [2.24, 2.45) is 5.92 Å². The van der Waals surface area contributed by atoms with E-state index in [2.05, 4.69) is 17.1 Å². The van der Waals surface area contributed by atoms with E-state index < -0.39 is 0 Å². The normalized spacial score (nSPS) is 16.1. The monoisotopic (exact) mass is 335 g/mol. The number of hydrogen-bond acceptors (Lipinski definition) is 3. The average molecular weight is 336 g/mol. The van der Waals surface area contributed by atoms with E-state index in [0.29, 0.717) is 23.3 Å². The molecule has 7 heteroatoms. The summed E-state index contributed by atoms with van der Waals surface area (Å²) in [6.45, 7) is 8.12. The predicted molar refractivity (Wildman–Crippen MR) is 88.6 cm³/mol. The SMILES string of the molecule is Cc1nn(Cn2ccc(C(=O)N3CCC(C)CC3)n2)c(C)c1Cl. The molecular formula is C16H22ClN5O. The maximum atomic E-state index is 12.5. The van der Waals surface area contributed by atoms with Gasteiger partial charge in [0.1, 0.15) is 12.4 Å². The Hall–Kier alpha value is -1.82. The number of halogens is 1. The smallest absolute Gasteiger partial charge is 0.274 e. The molecule has 0 radical (unpaired) electrons. The molecule has 0 saturated carbocycles. The van der Waals surface area contributed by atoms with Crippen molar-refractivity contribution in [1.29, 1.82) is 0 Å². The Morgan fingerprint density at radius 1 is 1.30 bits per heavy atom. The maximum Gasteiger partial charge on any atom is 0.274 e. The molecule has 1 amide bonds. The van der Waals surface area contributed by atoms with Crippen LogP contribution in [-0.4, -0.2) is 43.5 Å². The summed E-state index contributed by atoms with van der Waals surface area (Å²) in [6, 6.07) is 1.77. The second-order valence-electron chi connectivity index (χ2n) is 6.34. The van der Waals surface area contributed by atoms with E-state index in [-0.39, 0.29) is 5.91 Å². The van der Waals surface area contributed by atoms with Crippen LogP contribution in [0.1, 0.15) is 41.6 Å². The third kappa shape index (κ3) is 3.27. The van der Waals surface area contributed by atoms with Gasteiger partial charge in [0.05, 0.1) is 16.4 Å². The van der Waals surface area contributed by atoms with Gasteiger partial charge in [0.2, 0.25) is 0 Å². The lowest BCUT2D eigenvalue weighted by Crippen LogP contribution is -2.38. The summed E-state index contributed by atoms with van der Waals surface area (Å²) in [5.74, 6) is 0.717. The molecule has 0 aliphatic carbocycles. The van der Waals surface area contributed by atoms with Crippen molar-refractivity contribution >= 4 is 17.5 Å². The van der Waals surface area contributed by atoms with E-state index in [4.69, 9.17) is 11.6 Å². The fraction of sp³-hybridized carbons (Fsp3) is 0.562. The molecule has 0 unspecified atom stereocenters. The largest absolute Gasteiger partial charge is 0.337 e. The van der Waals surface area contributed by atoms with Gasteiger partial charge in [-0.05, 0) is 38.7 Å². The van der Waals surface area contributed by atoms with Gasteiger partial charge in [0.15, 0.2) is 0 Å². The van der Waals surface area contributed by atoms with E-state index in [9.17, 15) is 4.79 Å². The van der Waals surface area contributed by atoms with E-state index in [1.807, 2.05) is 24.9 Å². The van der Waals surface area contributed by atoms with Gasteiger partial charge >= 0.3 is 0 Å². The molecule has 0 bridgehead atoms. The van der Waals surface area contributed by atoms with Crippen molar-refractivity contribution in [1.82, 2.24) is 24.5 Å². The molecule has 2 aromatic heterocycles. The van der Waals surface area contributed by atoms with E-state index in [1.165, 1.54) is 0 Å². The Kier molecular flexibility index (Phi) is 4.43. The Bertz CT molecular complexity index is 712. The zero-order valence-electron chi connectivity index (χ0n) is 13.8. The van der Waals surface area contributed by atoms with Gasteiger partial charge in [-0.1, -0.05) is 18.5 Å². The molecule has 1 aliphatic heterocycles. The second kappa shape index (κ2) is 6.35. The van der Waals surface area contributed by atoms with Crippen molar-refractivity contribution in [3.8, 4) is 0 Å². The van der Waals surface area contributed by atoms with Crippen molar-refractivity contribution in [2.45, 2.75) is 40.3 Å². The predicted octanol–water partition coefficient (Wildman–Crippen LogP) is 2.73. The number of aromatic nitrogens is 4. The third-order valence-electron chi connectivity index (χ3n) is 4.50. The first kappa shape index (κ1) is 16.1. The van der Waals surface area contributed by atoms with Crippen LogP contribution in [-0.2, 0) is 6.67 Å². The molecule has 0 atom stereocenters. The number of rotatable bonds is 3. The van der Waals surface area contributed by atoms with Crippen LogP contribution in [0.15, 0.2) is 12.3 Å². The third-order valence-corrected chi connectivity index (χ3v) is 5.05. The van der Waals surface area contributed by atoms with Gasteiger partial charge in [-0.15, -0.1) is 0 Å². The van der Waals surface area contributed by atoms with Crippen molar-refractivity contribution in [3.05, 3.63) is 34.4 Å². The maximum absolute atomic E-state index is 12.5. The number of carbonyl (C=O) groups is 1. The van der Waals surface area contributed by atoms with Crippen LogP contribution in [0.5, 0.6) is 0 Å². The Morgan fingerprint density at radius 2 is 2.00 bits per heavy atom. The molecule has 3 rings (SSSR count). The molecule has 3 heterocycles. The number of aryl methyl sites for hydroxylation is 1. The number of amides is 1. The first-order chi connectivity index (χ1) is 11.0. The van der Waals surface area contributed by atoms with Crippen LogP contribution in [0, 0.1) is 19.8 Å². The number of piperidine rings is 1. The fourth-order valence-corrected chi connectivity index (χ4v) is 3.01. The van der Waals surface area contributed by atoms with Crippen LogP contribution in [0.4, 0.5) is 0 Å². The molecular weight excluding hydrogens is 314 g/mol. The number of likely N-dealkylation sites (tertiary alicyclic amines) is 1. The van der Waals surface area contributed by atoms with Gasteiger partial charge in [-0.25, -0.2) is 4.68 Å². The van der Waals surface area contributed by atoms with Gasteiger partial charge in [0, 0.05) is 19.3 Å². The first-order valence-electron chi connectivity index (χ1n) is 7.98.